The van der Waals surface area contributed by atoms with E-state index in [9.17, 15) is 8.78 Å². The van der Waals surface area contributed by atoms with Gasteiger partial charge in [0.2, 0.25) is 0 Å². The molecule has 3 nitrogen and oxygen atoms in total. The fourth-order valence-electron chi connectivity index (χ4n) is 0.968. The summed E-state index contributed by atoms with van der Waals surface area (Å²) in [4.78, 5) is 0. The molecular weight excluding hydrogens is 176 g/mol. The van der Waals surface area contributed by atoms with Gasteiger partial charge < -0.3 is 0 Å². The highest BCUT2D eigenvalue weighted by Crippen LogP contribution is 2.20. The van der Waals surface area contributed by atoms with Crippen LogP contribution in [0, 0.1) is 11.6 Å². The van der Waals surface area contributed by atoms with Crippen LogP contribution in [0.1, 0.15) is 5.56 Å². The Hall–Kier alpha value is -1.78. The van der Waals surface area contributed by atoms with Gasteiger partial charge in [-0.2, -0.15) is 0 Å². The molecule has 0 saturated carbocycles. The van der Waals surface area contributed by atoms with E-state index in [1.807, 2.05) is 0 Å². The molecule has 13 heavy (non-hydrogen) atoms. The van der Waals surface area contributed by atoms with Gasteiger partial charge in [0.15, 0.2) is 11.6 Å². The van der Waals surface area contributed by atoms with E-state index in [0.717, 1.165) is 12.1 Å². The van der Waals surface area contributed by atoms with Gasteiger partial charge in [-0.1, -0.05) is 0 Å². The average molecular weight is 180 g/mol. The Morgan fingerprint density at radius 2 is 1.92 bits per heavy atom. The van der Waals surface area contributed by atoms with E-state index in [1.54, 1.807) is 0 Å². The predicted octanol–water partition coefficient (Wildman–Crippen LogP) is 2.25. The maximum absolute atomic E-state index is 12.7. The van der Waals surface area contributed by atoms with Crippen LogP contribution in [-0.4, -0.2) is 0 Å². The number of rotatable bonds is 1. The summed E-state index contributed by atoms with van der Waals surface area (Å²) in [6.07, 6.45) is 1.38. The number of hydrogen-bond acceptors (Lipinski definition) is 2. The second-order valence-electron chi connectivity index (χ2n) is 2.45. The molecule has 0 bridgehead atoms. The van der Waals surface area contributed by atoms with Crippen LogP contribution in [0.25, 0.3) is 5.70 Å². The van der Waals surface area contributed by atoms with Gasteiger partial charge in [0.25, 0.3) is 0 Å². The van der Waals surface area contributed by atoms with Crippen molar-refractivity contribution in [2.24, 2.45) is 10.3 Å². The molecule has 1 aromatic carbocycles. The lowest BCUT2D eigenvalue weighted by Gasteiger charge is -1.97. The molecule has 2 rings (SSSR count). The van der Waals surface area contributed by atoms with Crippen LogP contribution in [-0.2, 0) is 0 Å². The fraction of sp³-hybridized carbons (Fsp3) is 0. The molecule has 1 radical (unpaired) electrons. The number of hydrogen-bond donors (Lipinski definition) is 0. The van der Waals surface area contributed by atoms with Crippen LogP contribution in [0.5, 0.6) is 0 Å². The first-order valence-corrected chi connectivity index (χ1v) is 3.54. The molecule has 0 aliphatic carbocycles. The van der Waals surface area contributed by atoms with Gasteiger partial charge in [-0.3, -0.25) is 0 Å². The second-order valence-corrected chi connectivity index (χ2v) is 2.45. The lowest BCUT2D eigenvalue weighted by molar-refractivity contribution is 0.508. The third-order valence-corrected chi connectivity index (χ3v) is 1.60. The van der Waals surface area contributed by atoms with Gasteiger partial charge in [-0.05, 0) is 23.4 Å². The molecule has 5 heteroatoms. The summed E-state index contributed by atoms with van der Waals surface area (Å²) in [5.74, 6) is -1.78. The minimum absolute atomic E-state index is 0.430. The highest BCUT2D eigenvalue weighted by molar-refractivity contribution is 5.64. The summed E-state index contributed by atoms with van der Waals surface area (Å²) in [5, 5.41) is 6.94. The van der Waals surface area contributed by atoms with Crippen molar-refractivity contribution in [3.8, 4) is 0 Å². The monoisotopic (exact) mass is 180 g/mol. The van der Waals surface area contributed by atoms with Gasteiger partial charge >= 0.3 is 0 Å². The second kappa shape index (κ2) is 2.93. The molecular formula is C8H4F2N3. The number of benzene rings is 1. The summed E-state index contributed by atoms with van der Waals surface area (Å²) < 4.78 is 25.2. The third kappa shape index (κ3) is 1.40. The molecule has 0 spiro atoms. The fourth-order valence-corrected chi connectivity index (χ4v) is 0.968. The standard InChI is InChI=1S/C8H4F2N3/c9-6-2-1-5(3-7(6)10)8-4-11-13-12-8/h1-4H. The minimum atomic E-state index is -0.902. The van der Waals surface area contributed by atoms with Crippen LogP contribution in [0.2, 0.25) is 0 Å². The molecule has 0 saturated heterocycles. The summed E-state index contributed by atoms with van der Waals surface area (Å²) in [6.45, 7) is 0. The third-order valence-electron chi connectivity index (χ3n) is 1.60. The maximum Gasteiger partial charge on any atom is 0.159 e. The average Bonchev–Trinajstić information content (AvgIpc) is 2.62. The quantitative estimate of drug-likeness (QED) is 0.635. The summed E-state index contributed by atoms with van der Waals surface area (Å²) in [7, 11) is 0. The van der Waals surface area contributed by atoms with E-state index in [0.29, 0.717) is 11.3 Å². The van der Waals surface area contributed by atoms with E-state index in [4.69, 9.17) is 0 Å². The van der Waals surface area contributed by atoms with Gasteiger partial charge in [-0.15, -0.1) is 10.5 Å². The largest absolute Gasteiger partial charge is 0.204 e. The molecule has 0 amide bonds. The van der Waals surface area contributed by atoms with Crippen molar-refractivity contribution in [2.75, 3.05) is 0 Å². The molecule has 65 valence electrons. The molecule has 0 aromatic heterocycles. The van der Waals surface area contributed by atoms with Crippen molar-refractivity contribution in [2.45, 2.75) is 0 Å². The number of halogens is 2. The Kier molecular flexibility index (Phi) is 1.77. The van der Waals surface area contributed by atoms with Gasteiger partial charge in [-0.25, -0.2) is 8.78 Å². The highest BCUT2D eigenvalue weighted by Gasteiger charge is 2.08. The SMILES string of the molecule is Fc1ccc(C2=C[N]N=N2)cc1F. The Morgan fingerprint density at radius 1 is 1.08 bits per heavy atom. The van der Waals surface area contributed by atoms with Crippen LogP contribution in [0.4, 0.5) is 8.78 Å². The Balaban J connectivity index is 2.42. The summed E-state index contributed by atoms with van der Waals surface area (Å²) in [6, 6.07) is 3.52. The van der Waals surface area contributed by atoms with Crippen LogP contribution in [0.15, 0.2) is 34.7 Å². The van der Waals surface area contributed by atoms with Gasteiger partial charge in [0, 0.05) is 5.56 Å². The number of nitrogens with zero attached hydrogens (tertiary/aromatic N) is 3. The van der Waals surface area contributed by atoms with E-state index in [1.165, 1.54) is 12.3 Å². The molecule has 1 aromatic rings. The van der Waals surface area contributed by atoms with Crippen LogP contribution in [0.3, 0.4) is 0 Å². The zero-order valence-corrected chi connectivity index (χ0v) is 6.41. The van der Waals surface area contributed by atoms with Crippen LogP contribution >= 0.6 is 0 Å². The molecule has 0 atom stereocenters. The summed E-state index contributed by atoms with van der Waals surface area (Å²) in [5.41, 5.74) is 4.36. The first-order chi connectivity index (χ1) is 6.27. The lowest BCUT2D eigenvalue weighted by Crippen LogP contribution is -1.86. The summed E-state index contributed by atoms with van der Waals surface area (Å²) >= 11 is 0. The first kappa shape index (κ1) is 7.85. The van der Waals surface area contributed by atoms with E-state index >= 15 is 0 Å². The maximum atomic E-state index is 12.7. The first-order valence-electron chi connectivity index (χ1n) is 3.54. The molecule has 0 fully saturated rings. The molecule has 1 aliphatic heterocycles. The smallest absolute Gasteiger partial charge is 0.159 e. The van der Waals surface area contributed by atoms with Crippen molar-refractivity contribution >= 4 is 5.70 Å². The van der Waals surface area contributed by atoms with Crippen molar-refractivity contribution < 1.29 is 8.78 Å². The van der Waals surface area contributed by atoms with E-state index < -0.39 is 11.6 Å². The predicted molar refractivity (Wildman–Crippen MR) is 41.3 cm³/mol. The van der Waals surface area contributed by atoms with Crippen molar-refractivity contribution in [1.82, 2.24) is 5.43 Å². The Bertz CT molecular complexity index is 398. The Labute approximate surface area is 72.8 Å². The Morgan fingerprint density at radius 3 is 2.54 bits per heavy atom. The topological polar surface area (TPSA) is 38.8 Å². The van der Waals surface area contributed by atoms with Gasteiger partial charge in [0.05, 0.1) is 6.20 Å². The lowest BCUT2D eigenvalue weighted by atomic mass is 10.1. The van der Waals surface area contributed by atoms with E-state index in [2.05, 4.69) is 15.8 Å². The normalized spacial score (nSPS) is 14.2. The van der Waals surface area contributed by atoms with Crippen molar-refractivity contribution in [3.05, 3.63) is 41.6 Å². The van der Waals surface area contributed by atoms with Crippen LogP contribution < -0.4 is 5.43 Å². The highest BCUT2D eigenvalue weighted by atomic mass is 19.2. The molecule has 1 aliphatic rings. The zero-order valence-electron chi connectivity index (χ0n) is 6.41. The van der Waals surface area contributed by atoms with Crippen molar-refractivity contribution in [1.29, 1.82) is 0 Å². The molecule has 1 heterocycles. The minimum Gasteiger partial charge on any atom is -0.204 e. The molecule has 0 unspecified atom stereocenters. The zero-order chi connectivity index (χ0) is 9.26. The van der Waals surface area contributed by atoms with E-state index in [-0.39, 0.29) is 0 Å². The van der Waals surface area contributed by atoms with Gasteiger partial charge in [0.1, 0.15) is 5.70 Å². The van der Waals surface area contributed by atoms with Crippen molar-refractivity contribution in [3.63, 3.8) is 0 Å². The molecule has 0 N–H and O–H groups in total.